The zero-order valence-electron chi connectivity index (χ0n) is 11.0. The van der Waals surface area contributed by atoms with Gasteiger partial charge in [0.15, 0.2) is 0 Å². The van der Waals surface area contributed by atoms with Crippen LogP contribution in [0.15, 0.2) is 36.4 Å². The molecule has 0 N–H and O–H groups in total. The highest BCUT2D eigenvalue weighted by Crippen LogP contribution is 2.38. The Labute approximate surface area is 99.2 Å². The molecule has 0 aliphatic carbocycles. The van der Waals surface area contributed by atoms with Crippen molar-refractivity contribution in [2.75, 3.05) is 0 Å². The van der Waals surface area contributed by atoms with Crippen LogP contribution < -0.4 is 0 Å². The van der Waals surface area contributed by atoms with Gasteiger partial charge in [0, 0.05) is 0 Å². The van der Waals surface area contributed by atoms with Gasteiger partial charge in [-0.05, 0) is 40.1 Å². The molecule has 1 aliphatic rings. The van der Waals surface area contributed by atoms with E-state index in [4.69, 9.17) is 9.31 Å². The fourth-order valence-electron chi connectivity index (χ4n) is 1.49. The predicted molar refractivity (Wildman–Crippen MR) is 69.2 cm³/mol. The Kier molecular flexibility index (Phi) is 3.51. The first-order valence-corrected chi connectivity index (χ1v) is 5.55. The monoisotopic (exact) mass is 220 g/mol. The predicted octanol–water partition coefficient (Wildman–Crippen LogP) is 3.31. The largest absolute Gasteiger partial charge is 0.494 e. The number of allylic oxidation sites excluding steroid dienone is 4. The highest BCUT2D eigenvalue weighted by molar-refractivity contribution is 6.55. The Morgan fingerprint density at radius 3 is 1.88 bits per heavy atom. The van der Waals surface area contributed by atoms with E-state index in [1.807, 2.05) is 40.7 Å². The Bertz CT molecular complexity index is 324. The molecule has 1 fully saturated rings. The molecule has 2 nitrogen and oxygen atoms in total. The molecule has 0 aromatic rings. The van der Waals surface area contributed by atoms with Gasteiger partial charge in [0.1, 0.15) is 0 Å². The first-order valence-electron chi connectivity index (χ1n) is 5.55. The molecular formula is C13H21BO2. The molecule has 1 rings (SSSR count). The summed E-state index contributed by atoms with van der Waals surface area (Å²) in [5.41, 5.74) is 1.26. The van der Waals surface area contributed by atoms with Crippen molar-refractivity contribution in [3.8, 4) is 0 Å². The van der Waals surface area contributed by atoms with Crippen LogP contribution >= 0.6 is 0 Å². The van der Waals surface area contributed by atoms with Gasteiger partial charge in [-0.1, -0.05) is 30.9 Å². The molecule has 88 valence electrons. The quantitative estimate of drug-likeness (QED) is 0.536. The van der Waals surface area contributed by atoms with Crippen LogP contribution in [0.4, 0.5) is 0 Å². The van der Waals surface area contributed by atoms with E-state index in [1.54, 1.807) is 6.08 Å². The van der Waals surface area contributed by atoms with E-state index in [2.05, 4.69) is 13.2 Å². The average molecular weight is 220 g/mol. The second kappa shape index (κ2) is 4.23. The molecule has 0 bridgehead atoms. The van der Waals surface area contributed by atoms with Crippen molar-refractivity contribution in [2.24, 2.45) is 0 Å². The van der Waals surface area contributed by atoms with Crippen LogP contribution in [-0.2, 0) is 9.31 Å². The molecule has 0 atom stereocenters. The third-order valence-corrected chi connectivity index (χ3v) is 3.17. The number of hydrogen-bond acceptors (Lipinski definition) is 2. The van der Waals surface area contributed by atoms with E-state index in [9.17, 15) is 0 Å². The highest BCUT2D eigenvalue weighted by atomic mass is 16.7. The molecule has 0 aromatic heterocycles. The van der Waals surface area contributed by atoms with Gasteiger partial charge in [-0.15, -0.1) is 0 Å². The second-order valence-electron chi connectivity index (χ2n) is 5.28. The summed E-state index contributed by atoms with van der Waals surface area (Å²) in [6.07, 6.45) is 3.70. The van der Waals surface area contributed by atoms with Crippen LogP contribution in [0.3, 0.4) is 0 Å². The van der Waals surface area contributed by atoms with Gasteiger partial charge in [0.25, 0.3) is 0 Å². The minimum Gasteiger partial charge on any atom is -0.399 e. The van der Waals surface area contributed by atoms with Crippen LogP contribution in [0.25, 0.3) is 0 Å². The van der Waals surface area contributed by atoms with Crippen molar-refractivity contribution >= 4 is 7.12 Å². The summed E-state index contributed by atoms with van der Waals surface area (Å²) in [5, 5.41) is 0. The summed E-state index contributed by atoms with van der Waals surface area (Å²) in [5.74, 6) is 0. The van der Waals surface area contributed by atoms with Gasteiger partial charge in [-0.3, -0.25) is 0 Å². The van der Waals surface area contributed by atoms with Crippen molar-refractivity contribution in [1.29, 1.82) is 0 Å². The summed E-state index contributed by atoms with van der Waals surface area (Å²) in [4.78, 5) is 0. The van der Waals surface area contributed by atoms with Gasteiger partial charge >= 0.3 is 7.12 Å². The maximum atomic E-state index is 5.92. The lowest BCUT2D eigenvalue weighted by molar-refractivity contribution is 0.00578. The molecule has 0 unspecified atom stereocenters. The summed E-state index contributed by atoms with van der Waals surface area (Å²) in [6, 6.07) is 0. The topological polar surface area (TPSA) is 18.5 Å². The average Bonchev–Trinajstić information content (AvgIpc) is 2.31. The first-order chi connectivity index (χ1) is 7.19. The van der Waals surface area contributed by atoms with E-state index in [0.29, 0.717) is 0 Å². The summed E-state index contributed by atoms with van der Waals surface area (Å²) < 4.78 is 11.8. The van der Waals surface area contributed by atoms with Gasteiger partial charge in [0.05, 0.1) is 11.2 Å². The van der Waals surface area contributed by atoms with Crippen molar-refractivity contribution in [3.05, 3.63) is 36.4 Å². The lowest BCUT2D eigenvalue weighted by Gasteiger charge is -2.32. The maximum Gasteiger partial charge on any atom is 0.494 e. The zero-order valence-corrected chi connectivity index (χ0v) is 11.0. The Hall–Kier alpha value is -0.795. The van der Waals surface area contributed by atoms with Gasteiger partial charge in [0.2, 0.25) is 0 Å². The van der Waals surface area contributed by atoms with Gasteiger partial charge < -0.3 is 9.31 Å². The van der Waals surface area contributed by atoms with E-state index in [-0.39, 0.29) is 18.3 Å². The van der Waals surface area contributed by atoms with Crippen molar-refractivity contribution in [1.82, 2.24) is 0 Å². The van der Waals surface area contributed by atoms with Crippen molar-refractivity contribution < 1.29 is 9.31 Å². The summed E-state index contributed by atoms with van der Waals surface area (Å²) in [7, 11) is -0.348. The number of hydrogen-bond donors (Lipinski definition) is 0. The summed E-state index contributed by atoms with van der Waals surface area (Å²) in [6.45, 7) is 17.7. The molecular weight excluding hydrogens is 199 g/mol. The Morgan fingerprint density at radius 1 is 1.12 bits per heavy atom. The van der Waals surface area contributed by atoms with Crippen molar-refractivity contribution in [2.45, 2.75) is 45.8 Å². The third kappa shape index (κ3) is 2.47. The third-order valence-electron chi connectivity index (χ3n) is 3.17. The van der Waals surface area contributed by atoms with Crippen LogP contribution in [0.2, 0.25) is 0 Å². The molecule has 16 heavy (non-hydrogen) atoms. The van der Waals surface area contributed by atoms with Gasteiger partial charge in [-0.2, -0.15) is 0 Å². The first kappa shape index (κ1) is 13.3. The van der Waals surface area contributed by atoms with E-state index < -0.39 is 0 Å². The Morgan fingerprint density at radius 2 is 1.56 bits per heavy atom. The minimum absolute atomic E-state index is 0.311. The lowest BCUT2D eigenvalue weighted by atomic mass is 9.77. The Balaban J connectivity index is 2.94. The van der Waals surface area contributed by atoms with E-state index >= 15 is 0 Å². The maximum absolute atomic E-state index is 5.92. The SMILES string of the molecule is C=C/C(=C\C(=C)C)B1OC(C)(C)C(C)(C)O1. The standard InChI is InChI=1S/C13H21BO2/c1-8-11(9-10(2)3)14-15-12(4,5)13(6,7)16-14/h8-9H,1-2H2,3-7H3/b11-9+. The summed E-state index contributed by atoms with van der Waals surface area (Å²) >= 11 is 0. The van der Waals surface area contributed by atoms with E-state index in [0.717, 1.165) is 11.0 Å². The highest BCUT2D eigenvalue weighted by Gasteiger charge is 2.51. The van der Waals surface area contributed by atoms with Crippen LogP contribution in [-0.4, -0.2) is 18.3 Å². The fourth-order valence-corrected chi connectivity index (χ4v) is 1.49. The molecule has 0 amide bonds. The van der Waals surface area contributed by atoms with Gasteiger partial charge in [-0.25, -0.2) is 0 Å². The lowest BCUT2D eigenvalue weighted by Crippen LogP contribution is -2.41. The zero-order chi connectivity index (χ0) is 12.6. The molecule has 0 saturated carbocycles. The molecule has 0 radical (unpaired) electrons. The second-order valence-corrected chi connectivity index (χ2v) is 5.28. The van der Waals surface area contributed by atoms with Crippen LogP contribution in [0, 0.1) is 0 Å². The molecule has 1 heterocycles. The fraction of sp³-hybridized carbons (Fsp3) is 0.538. The molecule has 1 saturated heterocycles. The molecule has 0 spiro atoms. The smallest absolute Gasteiger partial charge is 0.399 e. The van der Waals surface area contributed by atoms with Crippen LogP contribution in [0.1, 0.15) is 34.6 Å². The minimum atomic E-state index is -0.348. The van der Waals surface area contributed by atoms with Crippen LogP contribution in [0.5, 0.6) is 0 Å². The normalized spacial score (nSPS) is 23.3. The van der Waals surface area contributed by atoms with E-state index in [1.165, 1.54) is 0 Å². The molecule has 0 aromatic carbocycles. The van der Waals surface area contributed by atoms with Crippen molar-refractivity contribution in [3.63, 3.8) is 0 Å². The molecule has 1 aliphatic heterocycles. The number of rotatable bonds is 3. The molecule has 3 heteroatoms.